The number of ether oxygens (including phenoxy) is 1. The first kappa shape index (κ1) is 24.7. The number of nitrogens with one attached hydrogen (secondary N) is 2. The molecule has 0 aliphatic heterocycles. The summed E-state index contributed by atoms with van der Waals surface area (Å²) in [4.78, 5) is 37.4. The lowest BCUT2D eigenvalue weighted by Crippen LogP contribution is -2.51. The number of hydrogen-bond acceptors (Lipinski definition) is 4. The number of halogens is 1. The van der Waals surface area contributed by atoms with Gasteiger partial charge in [0.25, 0.3) is 0 Å². The number of alkyl carbamates (subject to hydrolysis) is 1. The molecule has 0 radical (unpaired) electrons. The third kappa shape index (κ3) is 9.17. The van der Waals surface area contributed by atoms with Crippen LogP contribution in [0.4, 0.5) is 15.3 Å². The molecule has 3 N–H and O–H groups in total. The van der Waals surface area contributed by atoms with Gasteiger partial charge in [-0.25, -0.2) is 9.59 Å². The molecule has 8 nitrogen and oxygen atoms in total. The molecule has 1 aromatic rings. The van der Waals surface area contributed by atoms with Gasteiger partial charge < -0.3 is 20.5 Å². The van der Waals surface area contributed by atoms with Crippen LogP contribution in [0.2, 0.25) is 0 Å². The highest BCUT2D eigenvalue weighted by molar-refractivity contribution is 9.10. The van der Waals surface area contributed by atoms with Crippen LogP contribution in [0.1, 0.15) is 41.0 Å². The van der Waals surface area contributed by atoms with Crippen LogP contribution in [-0.4, -0.2) is 47.9 Å². The number of carbonyl (C=O) groups is 3. The van der Waals surface area contributed by atoms with Crippen LogP contribution in [0, 0.1) is 5.92 Å². The maximum atomic E-state index is 12.8. The Morgan fingerprint density at radius 2 is 1.66 bits per heavy atom. The Labute approximate surface area is 180 Å². The Hall–Kier alpha value is -2.29. The quantitative estimate of drug-likeness (QED) is 0.496. The molecule has 0 bridgehead atoms. The average molecular weight is 472 g/mol. The smallest absolute Gasteiger partial charge is 0.412 e. The highest BCUT2D eigenvalue weighted by Crippen LogP contribution is 2.23. The highest BCUT2D eigenvalue weighted by atomic mass is 79.9. The zero-order valence-corrected chi connectivity index (χ0v) is 19.1. The number of rotatable bonds is 8. The van der Waals surface area contributed by atoms with Crippen molar-refractivity contribution in [2.45, 2.75) is 52.7 Å². The van der Waals surface area contributed by atoms with Gasteiger partial charge in [0.2, 0.25) is 5.91 Å². The van der Waals surface area contributed by atoms with Crippen molar-refractivity contribution in [3.63, 3.8) is 0 Å². The second-order valence-electron chi connectivity index (χ2n) is 7.99. The normalized spacial score (nSPS) is 12.2. The summed E-state index contributed by atoms with van der Waals surface area (Å²) >= 11 is 3.32. The number of nitrogens with zero attached hydrogens (tertiary/aromatic N) is 1. The van der Waals surface area contributed by atoms with Crippen molar-refractivity contribution in [2.75, 3.05) is 18.0 Å². The Morgan fingerprint density at radius 3 is 2.14 bits per heavy atom. The molecule has 0 aromatic heterocycles. The molecule has 3 amide bonds. The fourth-order valence-corrected chi connectivity index (χ4v) is 2.85. The largest absolute Gasteiger partial charge is 0.465 e. The maximum absolute atomic E-state index is 12.8. The molecule has 0 fully saturated rings. The van der Waals surface area contributed by atoms with Gasteiger partial charge in [-0.2, -0.15) is 0 Å². The predicted octanol–water partition coefficient (Wildman–Crippen LogP) is 3.99. The summed E-state index contributed by atoms with van der Waals surface area (Å²) in [6, 6.07) is 5.84. The zero-order valence-electron chi connectivity index (χ0n) is 17.5. The van der Waals surface area contributed by atoms with Crippen LogP contribution < -0.4 is 15.5 Å². The first-order valence-corrected chi connectivity index (χ1v) is 10.2. The van der Waals surface area contributed by atoms with Crippen molar-refractivity contribution in [1.82, 2.24) is 10.6 Å². The Bertz CT molecular complexity index is 701. The molecule has 0 spiro atoms. The zero-order chi connectivity index (χ0) is 22.2. The topological polar surface area (TPSA) is 108 Å². The summed E-state index contributed by atoms with van der Waals surface area (Å²) in [5.74, 6) is -0.321. The van der Waals surface area contributed by atoms with E-state index < -0.39 is 29.7 Å². The van der Waals surface area contributed by atoms with Gasteiger partial charge in [0.05, 0.1) is 0 Å². The standard InChI is InChI=1S/C20H30BrN3O5/c1-13(2)12-16(24(19(27)28)15-8-6-14(21)7-9-15)17(25)22-10-11-23-18(26)29-20(3,4)5/h6-9,13,16H,10-12H2,1-5H3,(H,22,25)(H,23,26)(H,27,28). The van der Waals surface area contributed by atoms with Gasteiger partial charge in [-0.3, -0.25) is 9.69 Å². The number of carboxylic acid groups (broad SMARTS) is 1. The third-order valence-corrected chi connectivity index (χ3v) is 4.24. The molecule has 162 valence electrons. The SMILES string of the molecule is CC(C)CC(C(=O)NCCNC(=O)OC(C)(C)C)N(C(=O)O)c1ccc(Br)cc1. The summed E-state index contributed by atoms with van der Waals surface area (Å²) in [7, 11) is 0. The van der Waals surface area contributed by atoms with Crippen LogP contribution in [0.5, 0.6) is 0 Å². The fourth-order valence-electron chi connectivity index (χ4n) is 2.58. The molecule has 0 aliphatic carbocycles. The first-order chi connectivity index (χ1) is 13.4. The van der Waals surface area contributed by atoms with Gasteiger partial charge >= 0.3 is 12.2 Å². The van der Waals surface area contributed by atoms with Gasteiger partial charge in [-0.15, -0.1) is 0 Å². The number of carbonyl (C=O) groups excluding carboxylic acids is 2. The van der Waals surface area contributed by atoms with Gasteiger partial charge in [0.15, 0.2) is 0 Å². The molecule has 0 heterocycles. The highest BCUT2D eigenvalue weighted by Gasteiger charge is 2.31. The molecule has 1 aromatic carbocycles. The van der Waals surface area contributed by atoms with E-state index in [-0.39, 0.29) is 19.0 Å². The van der Waals surface area contributed by atoms with Crippen LogP contribution in [0.25, 0.3) is 0 Å². The van der Waals surface area contributed by atoms with E-state index in [1.165, 1.54) is 0 Å². The molecule has 9 heteroatoms. The molecule has 1 rings (SSSR count). The van der Waals surface area contributed by atoms with Crippen LogP contribution in [-0.2, 0) is 9.53 Å². The van der Waals surface area contributed by atoms with Crippen molar-refractivity contribution in [3.05, 3.63) is 28.7 Å². The minimum absolute atomic E-state index is 0.0999. The van der Waals surface area contributed by atoms with E-state index >= 15 is 0 Å². The van der Waals surface area contributed by atoms with Crippen LogP contribution in [0.3, 0.4) is 0 Å². The van der Waals surface area contributed by atoms with E-state index in [0.717, 1.165) is 9.37 Å². The maximum Gasteiger partial charge on any atom is 0.412 e. The van der Waals surface area contributed by atoms with Gasteiger partial charge in [-0.05, 0) is 57.4 Å². The number of benzene rings is 1. The van der Waals surface area contributed by atoms with Crippen LogP contribution >= 0.6 is 15.9 Å². The Balaban J connectivity index is 2.79. The molecule has 1 unspecified atom stereocenters. The predicted molar refractivity (Wildman–Crippen MR) is 115 cm³/mol. The van der Waals surface area contributed by atoms with E-state index in [2.05, 4.69) is 26.6 Å². The molecule has 29 heavy (non-hydrogen) atoms. The lowest BCUT2D eigenvalue weighted by molar-refractivity contribution is -0.122. The summed E-state index contributed by atoms with van der Waals surface area (Å²) in [5, 5.41) is 15.0. The number of anilines is 1. The molecule has 1 atom stereocenters. The number of hydrogen-bond donors (Lipinski definition) is 3. The van der Waals surface area contributed by atoms with Gasteiger partial charge in [0.1, 0.15) is 11.6 Å². The van der Waals surface area contributed by atoms with Gasteiger partial charge in [0, 0.05) is 23.2 Å². The third-order valence-electron chi connectivity index (χ3n) is 3.71. The Kier molecular flexibility index (Phi) is 9.42. The summed E-state index contributed by atoms with van der Waals surface area (Å²) < 4.78 is 5.94. The van der Waals surface area contributed by atoms with E-state index in [1.807, 2.05) is 13.8 Å². The van der Waals surface area contributed by atoms with Crippen LogP contribution in [0.15, 0.2) is 28.7 Å². The van der Waals surface area contributed by atoms with E-state index in [4.69, 9.17) is 4.74 Å². The monoisotopic (exact) mass is 471 g/mol. The summed E-state index contributed by atoms with van der Waals surface area (Å²) in [5.41, 5.74) is -0.198. The molecular weight excluding hydrogens is 442 g/mol. The van der Waals surface area contributed by atoms with E-state index in [9.17, 15) is 19.5 Å². The van der Waals surface area contributed by atoms with Crippen molar-refractivity contribution in [2.24, 2.45) is 5.92 Å². The molecule has 0 saturated carbocycles. The second-order valence-corrected chi connectivity index (χ2v) is 8.91. The number of amides is 3. The minimum atomic E-state index is -1.21. The summed E-state index contributed by atoms with van der Waals surface area (Å²) in [6.45, 7) is 9.44. The first-order valence-electron chi connectivity index (χ1n) is 9.43. The van der Waals surface area contributed by atoms with Crippen molar-refractivity contribution >= 4 is 39.7 Å². The van der Waals surface area contributed by atoms with E-state index in [1.54, 1.807) is 45.0 Å². The molecular formula is C20H30BrN3O5. The van der Waals surface area contributed by atoms with E-state index in [0.29, 0.717) is 12.1 Å². The average Bonchev–Trinajstić information content (AvgIpc) is 2.57. The lowest BCUT2D eigenvalue weighted by Gasteiger charge is -2.30. The van der Waals surface area contributed by atoms with Crippen molar-refractivity contribution in [3.8, 4) is 0 Å². The minimum Gasteiger partial charge on any atom is -0.465 e. The van der Waals surface area contributed by atoms with Crippen molar-refractivity contribution < 1.29 is 24.2 Å². The van der Waals surface area contributed by atoms with Gasteiger partial charge in [-0.1, -0.05) is 29.8 Å². The van der Waals surface area contributed by atoms with Crippen molar-refractivity contribution in [1.29, 1.82) is 0 Å². The lowest BCUT2D eigenvalue weighted by atomic mass is 10.0. The summed E-state index contributed by atoms with van der Waals surface area (Å²) in [6.07, 6.45) is -1.43. The molecule has 0 saturated heterocycles. The Morgan fingerprint density at radius 1 is 1.10 bits per heavy atom. The molecule has 0 aliphatic rings. The second kappa shape index (κ2) is 11.0. The fraction of sp³-hybridized carbons (Fsp3) is 0.550.